The van der Waals surface area contributed by atoms with E-state index in [0.29, 0.717) is 48.3 Å². The van der Waals surface area contributed by atoms with Gasteiger partial charge in [0.05, 0.1) is 12.1 Å². The number of nitrogens with one attached hydrogen (secondary N) is 1. The average Bonchev–Trinajstić information content (AvgIpc) is 3.24. The lowest BCUT2D eigenvalue weighted by Crippen LogP contribution is -2.50. The predicted octanol–water partition coefficient (Wildman–Crippen LogP) is 5.79. The van der Waals surface area contributed by atoms with Crippen molar-refractivity contribution in [3.05, 3.63) is 36.5 Å². The van der Waals surface area contributed by atoms with E-state index in [2.05, 4.69) is 29.4 Å². The molecule has 0 aliphatic heterocycles. The van der Waals surface area contributed by atoms with Crippen LogP contribution in [0.25, 0.3) is 10.9 Å². The first kappa shape index (κ1) is 22.2. The second kappa shape index (κ2) is 7.74. The van der Waals surface area contributed by atoms with Crippen LogP contribution in [-0.2, 0) is 4.79 Å². The lowest BCUT2D eigenvalue weighted by molar-refractivity contribution is -0.129. The van der Waals surface area contributed by atoms with Crippen molar-refractivity contribution in [3.63, 3.8) is 0 Å². The number of pyridine rings is 1. The molecule has 5 aliphatic rings. The first-order chi connectivity index (χ1) is 16.9. The Bertz CT molecular complexity index is 1170. The topological polar surface area (TPSA) is 62.2 Å². The SMILES string of the molecule is C[C@]12CCC3C(CC[C@H]4C5C(F)[C@@]5(O)CC[C@H]34)C1CC[C@@H]2C(=O)CNc1ccc2ncccc2c1. The molecule has 5 unspecified atom stereocenters. The highest BCUT2D eigenvalue weighted by Crippen LogP contribution is 2.69. The molecule has 186 valence electrons. The number of ketones is 1. The summed E-state index contributed by atoms with van der Waals surface area (Å²) in [5.74, 6) is 3.33. The van der Waals surface area contributed by atoms with Crippen molar-refractivity contribution in [2.24, 2.45) is 46.8 Å². The van der Waals surface area contributed by atoms with Crippen molar-refractivity contribution in [1.29, 1.82) is 0 Å². The number of alkyl halides is 1. The van der Waals surface area contributed by atoms with E-state index in [0.717, 1.165) is 55.1 Å². The predicted molar refractivity (Wildman–Crippen MR) is 135 cm³/mol. The molecule has 5 aliphatic carbocycles. The molecular weight excluding hydrogens is 439 g/mol. The van der Waals surface area contributed by atoms with Crippen LogP contribution >= 0.6 is 0 Å². The number of Topliss-reactive ketones (excluding diaryl/α,β-unsaturated/α-hetero) is 1. The number of hydrogen-bond acceptors (Lipinski definition) is 4. The van der Waals surface area contributed by atoms with Crippen LogP contribution in [0, 0.1) is 46.8 Å². The minimum absolute atomic E-state index is 0.0922. The molecule has 0 bridgehead atoms. The maximum atomic E-state index is 14.5. The molecular formula is C30H37FN2O2. The molecule has 7 rings (SSSR count). The van der Waals surface area contributed by atoms with Crippen LogP contribution in [0.5, 0.6) is 0 Å². The molecule has 1 aromatic carbocycles. The van der Waals surface area contributed by atoms with Crippen LogP contribution in [0.2, 0.25) is 0 Å². The maximum absolute atomic E-state index is 14.5. The van der Waals surface area contributed by atoms with Gasteiger partial charge < -0.3 is 10.4 Å². The second-order valence-corrected chi connectivity index (χ2v) is 12.7. The van der Waals surface area contributed by atoms with Gasteiger partial charge in [-0.1, -0.05) is 13.0 Å². The molecule has 2 N–H and O–H groups in total. The van der Waals surface area contributed by atoms with Gasteiger partial charge in [0.15, 0.2) is 5.78 Å². The zero-order chi connectivity index (χ0) is 23.9. The summed E-state index contributed by atoms with van der Waals surface area (Å²) in [4.78, 5) is 17.9. The molecule has 4 nitrogen and oxygen atoms in total. The fourth-order valence-electron chi connectivity index (χ4n) is 9.78. The molecule has 1 aromatic heterocycles. The smallest absolute Gasteiger partial charge is 0.155 e. The fraction of sp³-hybridized carbons (Fsp3) is 0.667. The Kier molecular flexibility index (Phi) is 4.91. The third-order valence-corrected chi connectivity index (χ3v) is 11.5. The molecule has 1 heterocycles. The molecule has 10 atom stereocenters. The van der Waals surface area contributed by atoms with Gasteiger partial charge in [-0.3, -0.25) is 9.78 Å². The van der Waals surface area contributed by atoms with Gasteiger partial charge in [0.1, 0.15) is 11.8 Å². The summed E-state index contributed by atoms with van der Waals surface area (Å²) in [5.41, 5.74) is 1.05. The number of rotatable bonds is 4. The first-order valence-electron chi connectivity index (χ1n) is 13.9. The Balaban J connectivity index is 1.04. The van der Waals surface area contributed by atoms with Crippen molar-refractivity contribution >= 4 is 22.4 Å². The lowest BCUT2D eigenvalue weighted by atomic mass is 9.49. The van der Waals surface area contributed by atoms with Crippen molar-refractivity contribution in [2.75, 3.05) is 11.9 Å². The highest BCUT2D eigenvalue weighted by Gasteiger charge is 2.72. The van der Waals surface area contributed by atoms with E-state index in [9.17, 15) is 14.3 Å². The van der Waals surface area contributed by atoms with Gasteiger partial charge in [0.25, 0.3) is 0 Å². The van der Waals surface area contributed by atoms with E-state index < -0.39 is 11.8 Å². The lowest BCUT2D eigenvalue weighted by Gasteiger charge is -2.55. The van der Waals surface area contributed by atoms with Gasteiger partial charge in [-0.15, -0.1) is 0 Å². The molecule has 2 aromatic rings. The first-order valence-corrected chi connectivity index (χ1v) is 13.9. The Morgan fingerprint density at radius 1 is 1.06 bits per heavy atom. The zero-order valence-corrected chi connectivity index (χ0v) is 20.6. The van der Waals surface area contributed by atoms with E-state index in [4.69, 9.17) is 0 Å². The standard InChI is InChI=1S/C30H37FN2O2/c1-29-12-10-19-20-11-13-30(35)27(28(30)31)22(20)6-5-21(19)23(29)7-8-24(29)26(34)16-33-18-4-9-25-17(15-18)3-2-14-32-25/h2-4,9,14-15,19-24,27-28,33,35H,5-8,10-13,16H2,1H3/t19?,20-,21?,22-,23?,24-,27?,28?,29+,30-/m1/s1. The van der Waals surface area contributed by atoms with Crippen LogP contribution in [0.4, 0.5) is 10.1 Å². The van der Waals surface area contributed by atoms with Crippen molar-refractivity contribution in [1.82, 2.24) is 4.98 Å². The van der Waals surface area contributed by atoms with Gasteiger partial charge in [-0.25, -0.2) is 4.39 Å². The highest BCUT2D eigenvalue weighted by molar-refractivity contribution is 5.87. The Morgan fingerprint density at radius 3 is 2.74 bits per heavy atom. The van der Waals surface area contributed by atoms with Crippen LogP contribution in [0.3, 0.4) is 0 Å². The summed E-state index contributed by atoms with van der Waals surface area (Å²) in [7, 11) is 0. The van der Waals surface area contributed by atoms with Crippen molar-refractivity contribution in [2.45, 2.75) is 70.1 Å². The summed E-state index contributed by atoms with van der Waals surface area (Å²) in [6, 6.07) is 10.1. The van der Waals surface area contributed by atoms with Crippen molar-refractivity contribution < 1.29 is 14.3 Å². The molecule has 0 spiro atoms. The summed E-state index contributed by atoms with van der Waals surface area (Å²) >= 11 is 0. The van der Waals surface area contributed by atoms with Crippen LogP contribution < -0.4 is 5.32 Å². The number of carbonyl (C=O) groups excluding carboxylic acids is 1. The Hall–Kier alpha value is -2.01. The Labute approximate surface area is 207 Å². The quantitative estimate of drug-likeness (QED) is 0.586. The van der Waals surface area contributed by atoms with E-state index in [1.165, 1.54) is 6.42 Å². The summed E-state index contributed by atoms with van der Waals surface area (Å²) in [6.07, 6.45) is 9.17. The van der Waals surface area contributed by atoms with Gasteiger partial charge in [-0.05, 0) is 111 Å². The second-order valence-electron chi connectivity index (χ2n) is 12.7. The molecule has 5 heteroatoms. The molecule has 0 radical (unpaired) electrons. The van der Waals surface area contributed by atoms with E-state index in [1.54, 1.807) is 6.20 Å². The van der Waals surface area contributed by atoms with Gasteiger partial charge in [-0.2, -0.15) is 0 Å². The number of fused-ring (bicyclic) bond motifs is 8. The normalized spacial score (nSPS) is 45.7. The maximum Gasteiger partial charge on any atom is 0.155 e. The van der Waals surface area contributed by atoms with Crippen LogP contribution in [0.1, 0.15) is 58.3 Å². The van der Waals surface area contributed by atoms with Crippen LogP contribution in [-0.4, -0.2) is 34.2 Å². The minimum atomic E-state index is -0.989. The number of aromatic nitrogens is 1. The summed E-state index contributed by atoms with van der Waals surface area (Å²) in [5, 5.41) is 15.1. The monoisotopic (exact) mass is 476 g/mol. The molecule has 5 fully saturated rings. The summed E-state index contributed by atoms with van der Waals surface area (Å²) < 4.78 is 14.5. The number of aliphatic hydroxyl groups is 1. The van der Waals surface area contributed by atoms with Gasteiger partial charge >= 0.3 is 0 Å². The number of carbonyl (C=O) groups is 1. The number of anilines is 1. The zero-order valence-electron chi connectivity index (χ0n) is 20.6. The Morgan fingerprint density at radius 2 is 1.86 bits per heavy atom. The van der Waals surface area contributed by atoms with Crippen molar-refractivity contribution in [3.8, 4) is 0 Å². The average molecular weight is 477 g/mol. The number of halogens is 1. The van der Waals surface area contributed by atoms with Gasteiger partial charge in [0, 0.05) is 29.1 Å². The summed E-state index contributed by atoms with van der Waals surface area (Å²) in [6.45, 7) is 2.78. The number of benzene rings is 1. The molecule has 5 saturated carbocycles. The fourth-order valence-corrected chi connectivity index (χ4v) is 9.78. The van der Waals surface area contributed by atoms with E-state index in [1.807, 2.05) is 18.2 Å². The van der Waals surface area contributed by atoms with Crippen LogP contribution in [0.15, 0.2) is 36.5 Å². The van der Waals surface area contributed by atoms with Gasteiger partial charge in [0.2, 0.25) is 0 Å². The molecule has 0 amide bonds. The van der Waals surface area contributed by atoms with E-state index in [-0.39, 0.29) is 17.3 Å². The molecule has 35 heavy (non-hydrogen) atoms. The number of hydrogen-bond donors (Lipinski definition) is 2. The molecule has 0 saturated heterocycles. The largest absolute Gasteiger partial charge is 0.386 e. The number of nitrogens with zero attached hydrogens (tertiary/aromatic N) is 1. The highest BCUT2D eigenvalue weighted by atomic mass is 19.1. The minimum Gasteiger partial charge on any atom is -0.386 e. The third kappa shape index (κ3) is 3.19. The van der Waals surface area contributed by atoms with E-state index >= 15 is 0 Å². The third-order valence-electron chi connectivity index (χ3n) is 11.5.